The fourth-order valence-electron chi connectivity index (χ4n) is 5.44. The summed E-state index contributed by atoms with van der Waals surface area (Å²) in [6, 6.07) is 17.5. The average molecular weight is 429 g/mol. The Kier molecular flexibility index (Phi) is 5.97. The second-order valence-electron chi connectivity index (χ2n) is 9.39. The maximum atomic E-state index is 12.6. The van der Waals surface area contributed by atoms with Gasteiger partial charge in [0.1, 0.15) is 6.10 Å². The first-order valence-corrected chi connectivity index (χ1v) is 12.0. The van der Waals surface area contributed by atoms with E-state index in [1.165, 1.54) is 27.6 Å². The van der Waals surface area contributed by atoms with Crippen molar-refractivity contribution >= 4 is 16.8 Å². The topological polar surface area (TPSA) is 42.4 Å². The molecule has 2 unspecified atom stereocenters. The summed E-state index contributed by atoms with van der Waals surface area (Å²) in [5.41, 5.74) is 6.17. The number of carbonyl (C=O) groups excluding carboxylic acids is 1. The van der Waals surface area contributed by atoms with Crippen LogP contribution in [0.1, 0.15) is 49.7 Å². The van der Waals surface area contributed by atoms with Crippen molar-refractivity contribution in [2.75, 3.05) is 19.7 Å². The van der Waals surface area contributed by atoms with Crippen molar-refractivity contribution in [3.8, 4) is 11.1 Å². The Hall–Kier alpha value is -2.72. The van der Waals surface area contributed by atoms with Crippen molar-refractivity contribution in [2.24, 2.45) is 5.92 Å². The molecule has 3 heterocycles. The highest BCUT2D eigenvalue weighted by atomic mass is 16.5. The molecule has 1 amide bonds. The van der Waals surface area contributed by atoms with Gasteiger partial charge in [-0.15, -0.1) is 0 Å². The van der Waals surface area contributed by atoms with E-state index < -0.39 is 0 Å². The summed E-state index contributed by atoms with van der Waals surface area (Å²) in [6.07, 6.45) is 5.70. The SMILES string of the molecule is Cc1c(-c2ccc(C(C)C3CCN(C(=O)C4CCCO4)CC3)cc2)ccc2cccnc12. The number of ether oxygens (including phenoxy) is 1. The van der Waals surface area contributed by atoms with Crippen LogP contribution in [0, 0.1) is 12.8 Å². The van der Waals surface area contributed by atoms with Crippen LogP contribution in [0.5, 0.6) is 0 Å². The summed E-state index contributed by atoms with van der Waals surface area (Å²) in [5, 5.41) is 1.18. The molecule has 2 aliphatic rings. The highest BCUT2D eigenvalue weighted by Gasteiger charge is 2.32. The van der Waals surface area contributed by atoms with Crippen LogP contribution in [0.4, 0.5) is 0 Å². The number of piperidine rings is 1. The van der Waals surface area contributed by atoms with E-state index in [9.17, 15) is 4.79 Å². The molecule has 0 saturated carbocycles. The van der Waals surface area contributed by atoms with Crippen molar-refractivity contribution in [2.45, 2.75) is 51.6 Å². The first kappa shape index (κ1) is 21.1. The Labute approximate surface area is 190 Å². The third-order valence-electron chi connectivity index (χ3n) is 7.54. The van der Waals surface area contributed by atoms with Gasteiger partial charge in [-0.3, -0.25) is 9.78 Å². The zero-order valence-corrected chi connectivity index (χ0v) is 19.1. The molecule has 166 valence electrons. The second-order valence-corrected chi connectivity index (χ2v) is 9.39. The molecule has 2 fully saturated rings. The summed E-state index contributed by atoms with van der Waals surface area (Å²) in [5.74, 6) is 1.31. The van der Waals surface area contributed by atoms with Gasteiger partial charge in [-0.2, -0.15) is 0 Å². The number of rotatable bonds is 4. The van der Waals surface area contributed by atoms with Crippen LogP contribution in [0.2, 0.25) is 0 Å². The number of hydrogen-bond donors (Lipinski definition) is 0. The fraction of sp³-hybridized carbons (Fsp3) is 0.429. The van der Waals surface area contributed by atoms with E-state index in [-0.39, 0.29) is 12.0 Å². The largest absolute Gasteiger partial charge is 0.368 e. The number of pyridine rings is 1. The van der Waals surface area contributed by atoms with Crippen molar-refractivity contribution in [3.05, 3.63) is 65.9 Å². The number of carbonyl (C=O) groups is 1. The van der Waals surface area contributed by atoms with E-state index >= 15 is 0 Å². The monoisotopic (exact) mass is 428 g/mol. The predicted octanol–water partition coefficient (Wildman–Crippen LogP) is 5.73. The third kappa shape index (κ3) is 4.04. The minimum atomic E-state index is -0.190. The van der Waals surface area contributed by atoms with Gasteiger partial charge in [-0.1, -0.05) is 49.4 Å². The minimum absolute atomic E-state index is 0.190. The summed E-state index contributed by atoms with van der Waals surface area (Å²) in [4.78, 5) is 19.2. The molecule has 4 heteroatoms. The Morgan fingerprint density at radius 3 is 2.56 bits per heavy atom. The number of amides is 1. The van der Waals surface area contributed by atoms with Gasteiger partial charge in [0.05, 0.1) is 5.52 Å². The zero-order chi connectivity index (χ0) is 22.1. The van der Waals surface area contributed by atoms with Gasteiger partial charge < -0.3 is 9.64 Å². The van der Waals surface area contributed by atoms with Crippen LogP contribution in [0.25, 0.3) is 22.0 Å². The van der Waals surface area contributed by atoms with Gasteiger partial charge in [0, 0.05) is 31.3 Å². The Morgan fingerprint density at radius 2 is 1.84 bits per heavy atom. The van der Waals surface area contributed by atoms with E-state index in [1.54, 1.807) is 0 Å². The van der Waals surface area contributed by atoms with Gasteiger partial charge in [0.2, 0.25) is 0 Å². The molecule has 2 aromatic carbocycles. The summed E-state index contributed by atoms with van der Waals surface area (Å²) >= 11 is 0. The van der Waals surface area contributed by atoms with Gasteiger partial charge in [-0.05, 0) is 72.8 Å². The highest BCUT2D eigenvalue weighted by Crippen LogP contribution is 2.35. The van der Waals surface area contributed by atoms with E-state index in [2.05, 4.69) is 61.3 Å². The molecular formula is C28H32N2O2. The normalized spacial score (nSPS) is 20.6. The van der Waals surface area contributed by atoms with Crippen LogP contribution >= 0.6 is 0 Å². The van der Waals surface area contributed by atoms with Crippen LogP contribution in [-0.2, 0) is 9.53 Å². The molecule has 0 N–H and O–H groups in total. The van der Waals surface area contributed by atoms with Gasteiger partial charge in [0.25, 0.3) is 5.91 Å². The number of likely N-dealkylation sites (tertiary alicyclic amines) is 1. The van der Waals surface area contributed by atoms with Crippen molar-refractivity contribution in [1.82, 2.24) is 9.88 Å². The lowest BCUT2D eigenvalue weighted by Gasteiger charge is -2.36. The third-order valence-corrected chi connectivity index (χ3v) is 7.54. The molecule has 0 spiro atoms. The Bertz CT molecular complexity index is 1090. The van der Waals surface area contributed by atoms with E-state index in [1.807, 2.05) is 17.2 Å². The predicted molar refractivity (Wildman–Crippen MR) is 129 cm³/mol. The molecule has 3 aromatic rings. The van der Waals surface area contributed by atoms with E-state index in [0.29, 0.717) is 11.8 Å². The molecule has 2 saturated heterocycles. The van der Waals surface area contributed by atoms with Gasteiger partial charge in [-0.25, -0.2) is 0 Å². The molecule has 32 heavy (non-hydrogen) atoms. The molecule has 2 aliphatic heterocycles. The lowest BCUT2D eigenvalue weighted by Crippen LogP contribution is -2.44. The summed E-state index contributed by atoms with van der Waals surface area (Å²) < 4.78 is 5.60. The summed E-state index contributed by atoms with van der Waals surface area (Å²) in [6.45, 7) is 6.94. The zero-order valence-electron chi connectivity index (χ0n) is 19.1. The van der Waals surface area contributed by atoms with Crippen LogP contribution in [-0.4, -0.2) is 41.6 Å². The Morgan fingerprint density at radius 1 is 1.06 bits per heavy atom. The van der Waals surface area contributed by atoms with E-state index in [0.717, 1.165) is 50.9 Å². The highest BCUT2D eigenvalue weighted by molar-refractivity contribution is 5.88. The van der Waals surface area contributed by atoms with Crippen LogP contribution in [0.15, 0.2) is 54.7 Å². The van der Waals surface area contributed by atoms with Gasteiger partial charge >= 0.3 is 0 Å². The molecule has 5 rings (SSSR count). The van der Waals surface area contributed by atoms with Gasteiger partial charge in [0.15, 0.2) is 0 Å². The van der Waals surface area contributed by atoms with E-state index in [4.69, 9.17) is 4.74 Å². The number of fused-ring (bicyclic) bond motifs is 1. The number of aryl methyl sites for hydroxylation is 1. The number of aromatic nitrogens is 1. The first-order chi connectivity index (χ1) is 15.6. The molecule has 0 aliphatic carbocycles. The lowest BCUT2D eigenvalue weighted by molar-refractivity contribution is -0.142. The fourth-order valence-corrected chi connectivity index (χ4v) is 5.44. The minimum Gasteiger partial charge on any atom is -0.368 e. The maximum absolute atomic E-state index is 12.6. The standard InChI is InChI=1S/C28H32N2O2/c1-19(22-13-16-30(17-14-22)28(31)26-6-4-18-32-26)21-7-9-23(10-8-21)25-12-11-24-5-3-15-29-27(24)20(25)2/h3,5,7-12,15,19,22,26H,4,6,13-14,16-18H2,1-2H3. The van der Waals surface area contributed by atoms with Crippen molar-refractivity contribution < 1.29 is 9.53 Å². The molecule has 2 atom stereocenters. The second kappa shape index (κ2) is 9.03. The maximum Gasteiger partial charge on any atom is 0.251 e. The van der Waals surface area contributed by atoms with Crippen LogP contribution in [0.3, 0.4) is 0 Å². The molecule has 0 bridgehead atoms. The molecule has 0 radical (unpaired) electrons. The summed E-state index contributed by atoms with van der Waals surface area (Å²) in [7, 11) is 0. The lowest BCUT2D eigenvalue weighted by atomic mass is 9.81. The molecular weight excluding hydrogens is 396 g/mol. The van der Waals surface area contributed by atoms with Crippen LogP contribution < -0.4 is 0 Å². The van der Waals surface area contributed by atoms with Crippen molar-refractivity contribution in [3.63, 3.8) is 0 Å². The number of benzene rings is 2. The molecule has 1 aromatic heterocycles. The van der Waals surface area contributed by atoms with Crippen molar-refractivity contribution in [1.29, 1.82) is 0 Å². The smallest absolute Gasteiger partial charge is 0.251 e. The quantitative estimate of drug-likeness (QED) is 0.533. The number of nitrogens with zero attached hydrogens (tertiary/aromatic N) is 2. The first-order valence-electron chi connectivity index (χ1n) is 12.0. The Balaban J connectivity index is 1.25. The molecule has 4 nitrogen and oxygen atoms in total. The number of hydrogen-bond acceptors (Lipinski definition) is 3. The average Bonchev–Trinajstić information content (AvgIpc) is 3.39.